The van der Waals surface area contributed by atoms with Crippen molar-refractivity contribution in [2.75, 3.05) is 11.4 Å². The van der Waals surface area contributed by atoms with Crippen LogP contribution in [0.5, 0.6) is 0 Å². The smallest absolute Gasteiger partial charge is 0.164 e. The molecule has 12 rings (SSSR count). The number of allylic oxidation sites excluding steroid dienone is 9. The molecule has 0 radical (unpaired) electrons. The monoisotopic (exact) mass is 847 g/mol. The highest BCUT2D eigenvalue weighted by Crippen LogP contribution is 2.44. The van der Waals surface area contributed by atoms with Gasteiger partial charge in [0.15, 0.2) is 17.5 Å². The molecule has 0 amide bonds. The van der Waals surface area contributed by atoms with Crippen molar-refractivity contribution >= 4 is 66.2 Å². The number of hydrogen-bond acceptors (Lipinski definition) is 4. The minimum Gasteiger partial charge on any atom is -0.336 e. The minimum atomic E-state index is 0.653. The molecule has 0 saturated heterocycles. The first-order chi connectivity index (χ1) is 32.6. The number of rotatable bonds is 9. The molecular formula is C61H45N5. The summed E-state index contributed by atoms with van der Waals surface area (Å²) in [5, 5.41) is 5.08. The fourth-order valence-corrected chi connectivity index (χ4v) is 9.97. The van der Waals surface area contributed by atoms with Crippen LogP contribution in [-0.2, 0) is 0 Å². The van der Waals surface area contributed by atoms with Gasteiger partial charge in [-0.15, -0.1) is 0 Å². The summed E-state index contributed by atoms with van der Waals surface area (Å²) in [6.07, 6.45) is 15.7. The summed E-state index contributed by atoms with van der Waals surface area (Å²) < 4.78 is 2.42. The van der Waals surface area contributed by atoms with E-state index in [0.29, 0.717) is 17.5 Å². The van der Waals surface area contributed by atoms with Gasteiger partial charge in [-0.1, -0.05) is 183 Å². The number of nitrogens with zero attached hydrogens (tertiary/aromatic N) is 5. The second-order valence-electron chi connectivity index (χ2n) is 17.2. The Morgan fingerprint density at radius 3 is 1.86 bits per heavy atom. The van der Waals surface area contributed by atoms with Gasteiger partial charge in [0, 0.05) is 67.3 Å². The zero-order valence-electron chi connectivity index (χ0n) is 36.5. The highest BCUT2D eigenvalue weighted by Gasteiger charge is 2.26. The summed E-state index contributed by atoms with van der Waals surface area (Å²) in [6.45, 7) is 9.07. The Morgan fingerprint density at radius 2 is 1.14 bits per heavy atom. The molecule has 5 nitrogen and oxygen atoms in total. The van der Waals surface area contributed by atoms with Gasteiger partial charge < -0.3 is 9.30 Å². The topological polar surface area (TPSA) is 46.3 Å². The zero-order valence-corrected chi connectivity index (χ0v) is 36.5. The van der Waals surface area contributed by atoms with E-state index in [0.717, 1.165) is 64.9 Å². The van der Waals surface area contributed by atoms with Crippen LogP contribution in [0.4, 0.5) is 11.4 Å². The second-order valence-corrected chi connectivity index (χ2v) is 17.2. The quantitative estimate of drug-likeness (QED) is 0.107. The number of anilines is 2. The molecule has 1 aliphatic heterocycles. The summed E-state index contributed by atoms with van der Waals surface area (Å²) in [7, 11) is 0. The van der Waals surface area contributed by atoms with Gasteiger partial charge in [0.1, 0.15) is 0 Å². The van der Waals surface area contributed by atoms with Crippen LogP contribution in [0.3, 0.4) is 0 Å². The minimum absolute atomic E-state index is 0.653. The molecule has 1 aliphatic carbocycles. The molecule has 0 saturated carbocycles. The number of fused-ring (bicyclic) bond motifs is 7. The molecule has 0 atom stereocenters. The molecule has 7 aromatic carbocycles. The number of para-hydroxylation sites is 4. The molecule has 2 aliphatic rings. The van der Waals surface area contributed by atoms with Crippen molar-refractivity contribution in [2.45, 2.75) is 19.3 Å². The van der Waals surface area contributed by atoms with Gasteiger partial charge in [-0.05, 0) is 77.9 Å². The van der Waals surface area contributed by atoms with Crippen LogP contribution in [0, 0.1) is 0 Å². The molecule has 0 N–H and O–H groups in total. The van der Waals surface area contributed by atoms with Gasteiger partial charge in [0.2, 0.25) is 0 Å². The molecule has 0 bridgehead atoms. The fourth-order valence-electron chi connectivity index (χ4n) is 9.97. The molecule has 0 unspecified atom stereocenters. The molecule has 66 heavy (non-hydrogen) atoms. The summed E-state index contributed by atoms with van der Waals surface area (Å²) in [6, 6.07) is 58.3. The molecular weight excluding hydrogens is 803 g/mol. The first-order valence-corrected chi connectivity index (χ1v) is 22.7. The molecule has 5 heteroatoms. The van der Waals surface area contributed by atoms with Gasteiger partial charge in [0.05, 0.1) is 16.6 Å². The zero-order chi connectivity index (χ0) is 44.1. The lowest BCUT2D eigenvalue weighted by molar-refractivity contribution is 1.02. The predicted octanol–water partition coefficient (Wildman–Crippen LogP) is 15.5. The third-order valence-corrected chi connectivity index (χ3v) is 13.3. The largest absolute Gasteiger partial charge is 0.336 e. The Morgan fingerprint density at radius 1 is 0.545 bits per heavy atom. The average Bonchev–Trinajstić information content (AvgIpc) is 4.03. The lowest BCUT2D eigenvalue weighted by atomic mass is 9.98. The maximum Gasteiger partial charge on any atom is 0.164 e. The summed E-state index contributed by atoms with van der Waals surface area (Å²) in [4.78, 5) is 17.8. The van der Waals surface area contributed by atoms with E-state index in [1.807, 2.05) is 24.3 Å². The van der Waals surface area contributed by atoms with Gasteiger partial charge >= 0.3 is 0 Å². The SMILES string of the molecule is C=CC(=C)c1ccccc1N1C/C(=C\C/C2=C/C=C(/c3nc(-c4ccccc4)nc(-c4ccc(-c5cc6c7ccccc7n7c8ccccc8c(c5)c67)cc4)n3)C/C=C\C2)c2ccccc21. The first-order valence-electron chi connectivity index (χ1n) is 22.7. The van der Waals surface area contributed by atoms with Crippen molar-refractivity contribution in [1.82, 2.24) is 19.4 Å². The van der Waals surface area contributed by atoms with Crippen LogP contribution >= 0.6 is 0 Å². The number of benzene rings is 7. The first kappa shape index (κ1) is 39.2. The third-order valence-electron chi connectivity index (χ3n) is 13.3. The molecule has 314 valence electrons. The van der Waals surface area contributed by atoms with Crippen molar-refractivity contribution in [3.05, 3.63) is 236 Å². The Kier molecular flexibility index (Phi) is 9.68. The Hall–Kier alpha value is -8.41. The maximum absolute atomic E-state index is 5.19. The predicted molar refractivity (Wildman–Crippen MR) is 277 cm³/mol. The van der Waals surface area contributed by atoms with E-state index in [1.165, 1.54) is 66.1 Å². The van der Waals surface area contributed by atoms with Gasteiger partial charge in [-0.25, -0.2) is 15.0 Å². The highest BCUT2D eigenvalue weighted by atomic mass is 15.2. The van der Waals surface area contributed by atoms with Crippen molar-refractivity contribution < 1.29 is 0 Å². The normalized spacial score (nSPS) is 16.5. The van der Waals surface area contributed by atoms with E-state index in [4.69, 9.17) is 15.0 Å². The van der Waals surface area contributed by atoms with Crippen molar-refractivity contribution in [3.8, 4) is 33.9 Å². The van der Waals surface area contributed by atoms with Crippen LogP contribution < -0.4 is 4.90 Å². The lowest BCUT2D eigenvalue weighted by Gasteiger charge is -2.23. The Balaban J connectivity index is 0.877. The van der Waals surface area contributed by atoms with Crippen LogP contribution in [-0.4, -0.2) is 25.9 Å². The maximum atomic E-state index is 5.19. The Labute approximate surface area is 384 Å². The van der Waals surface area contributed by atoms with E-state index in [-0.39, 0.29) is 0 Å². The second kappa shape index (κ2) is 16.3. The van der Waals surface area contributed by atoms with Crippen LogP contribution in [0.1, 0.15) is 36.2 Å². The molecule has 4 heterocycles. The van der Waals surface area contributed by atoms with Crippen molar-refractivity contribution in [3.63, 3.8) is 0 Å². The van der Waals surface area contributed by atoms with E-state index in [1.54, 1.807) is 0 Å². The van der Waals surface area contributed by atoms with Crippen molar-refractivity contribution in [2.24, 2.45) is 0 Å². The van der Waals surface area contributed by atoms with Gasteiger partial charge in [0.25, 0.3) is 0 Å². The van der Waals surface area contributed by atoms with Crippen molar-refractivity contribution in [1.29, 1.82) is 0 Å². The third kappa shape index (κ3) is 6.76. The lowest BCUT2D eigenvalue weighted by Crippen LogP contribution is -2.14. The fraction of sp³-hybridized carbons (Fsp3) is 0.0656. The molecule has 3 aromatic heterocycles. The van der Waals surface area contributed by atoms with E-state index in [2.05, 4.69) is 198 Å². The Bertz CT molecular complexity index is 3590. The van der Waals surface area contributed by atoms with Gasteiger partial charge in [-0.2, -0.15) is 0 Å². The van der Waals surface area contributed by atoms with Gasteiger partial charge in [-0.3, -0.25) is 0 Å². The number of hydrogen-bond donors (Lipinski definition) is 0. The van der Waals surface area contributed by atoms with E-state index >= 15 is 0 Å². The molecule has 10 aromatic rings. The molecule has 0 fully saturated rings. The van der Waals surface area contributed by atoms with Crippen LogP contribution in [0.2, 0.25) is 0 Å². The summed E-state index contributed by atoms with van der Waals surface area (Å²) in [5.74, 6) is 2.00. The summed E-state index contributed by atoms with van der Waals surface area (Å²) >= 11 is 0. The molecule has 0 spiro atoms. The van der Waals surface area contributed by atoms with Crippen LogP contribution in [0.15, 0.2) is 219 Å². The standard InChI is InChI=1S/C61H45N5/c1-3-40(2)48-21-9-13-25-54(48)65-39-46(49-22-10-14-26-55(49)65)32-30-41-17-7-8-20-44(31-29-41)60-62-59(43-18-5-4-6-19-43)63-61(64-60)45-35-33-42(34-36-45)47-37-52-50-23-11-15-27-56(50)66-57-28-16-12-24-51(57)53(38-47)58(52)66/h3-16,18-19,21-29,31-38H,1-2,17,20,30,39H2/b8-7-,41-29+,44-31+,46-32+. The van der Waals surface area contributed by atoms with Crippen LogP contribution in [0.25, 0.3) is 88.7 Å². The van der Waals surface area contributed by atoms with E-state index < -0.39 is 0 Å². The average molecular weight is 848 g/mol. The van der Waals surface area contributed by atoms with E-state index in [9.17, 15) is 0 Å². The highest BCUT2D eigenvalue weighted by molar-refractivity contribution is 6.24. The number of aromatic nitrogens is 4. The summed E-state index contributed by atoms with van der Waals surface area (Å²) in [5.41, 5.74) is 17.3.